The van der Waals surface area contributed by atoms with Crippen LogP contribution in [-0.2, 0) is 21.7 Å². The fourth-order valence-electron chi connectivity index (χ4n) is 14.7. The smallest absolute Gasteiger partial charge is 0.198 e. The molecule has 1 N–H and O–H groups in total. The molecule has 0 unspecified atom stereocenters. The van der Waals surface area contributed by atoms with Crippen molar-refractivity contribution >= 4 is 101 Å². The van der Waals surface area contributed by atoms with E-state index in [1.165, 1.54) is 123 Å². The summed E-state index contributed by atoms with van der Waals surface area (Å²) in [7, 11) is 0.802. The standard InChI is InChI=1S/C74H67BN4/c1-71(2)37-38-72(3,4)57-41-47(32-35-56(57)71)76-61-42-50(77(48-22-11-9-12-23-48)49-24-13-10-14-25-49)33-34-52(61)55-43-66(78-62-29-19-17-27-53(62)54-28-18-20-30-63(54)78)68-67-51-26-16-15-21-46(51)31-36-64(67)79-65-45-59-58(44-60(65)75-69(55)70(68)79)73(5,6)39-40-74(59,7)8/h9-36,41-45,75-76H,37-40H2,1-8H3. The van der Waals surface area contributed by atoms with Crippen molar-refractivity contribution in [2.24, 2.45) is 0 Å². The molecule has 0 radical (unpaired) electrons. The molecule has 0 spiro atoms. The SMILES string of the molecule is CC1(C)CCC(C)(C)c2cc(Nc3cc(N(c4ccccc4)c4ccccc4)ccc3-c3cc(-n4c5ccccc5c5ccccc54)c4c5c6ccccc6ccc5n5c4c3Bc3cc4c(cc3-5)C(C)(C)CCC4(C)C)ccc21. The van der Waals surface area contributed by atoms with E-state index < -0.39 is 0 Å². The molecule has 1 aliphatic heterocycles. The monoisotopic (exact) mass is 1020 g/mol. The predicted molar refractivity (Wildman–Crippen MR) is 339 cm³/mol. The molecule has 0 saturated carbocycles. The van der Waals surface area contributed by atoms with E-state index >= 15 is 0 Å². The van der Waals surface area contributed by atoms with E-state index in [1.807, 2.05) is 0 Å². The molecule has 12 aromatic rings. The number of para-hydroxylation sites is 4. The largest absolute Gasteiger partial charge is 0.355 e. The summed E-state index contributed by atoms with van der Waals surface area (Å²) in [6, 6.07) is 75.8. The minimum absolute atomic E-state index is 0.0439. The molecule has 0 amide bonds. The van der Waals surface area contributed by atoms with Crippen LogP contribution in [0.3, 0.4) is 0 Å². The molecule has 2 aliphatic carbocycles. The summed E-state index contributed by atoms with van der Waals surface area (Å²) in [4.78, 5) is 2.40. The first-order valence-electron chi connectivity index (χ1n) is 28.8. The van der Waals surface area contributed by atoms with Gasteiger partial charge in [-0.3, -0.25) is 0 Å². The Balaban J connectivity index is 1.09. The van der Waals surface area contributed by atoms with Crippen LogP contribution in [0.15, 0.2) is 200 Å². The number of hydrogen-bond acceptors (Lipinski definition) is 2. The highest BCUT2D eigenvalue weighted by Crippen LogP contribution is 2.51. The molecular weight excluding hydrogens is 956 g/mol. The van der Waals surface area contributed by atoms with Crippen LogP contribution >= 0.6 is 0 Å². The van der Waals surface area contributed by atoms with E-state index in [-0.39, 0.29) is 21.7 Å². The van der Waals surface area contributed by atoms with E-state index in [9.17, 15) is 0 Å². The highest BCUT2D eigenvalue weighted by Gasteiger charge is 2.41. The zero-order chi connectivity index (χ0) is 53.7. The van der Waals surface area contributed by atoms with E-state index in [0.29, 0.717) is 0 Å². The highest BCUT2D eigenvalue weighted by atomic mass is 15.1. The van der Waals surface area contributed by atoms with Crippen LogP contribution in [0, 0.1) is 0 Å². The second kappa shape index (κ2) is 17.1. The third-order valence-electron chi connectivity index (χ3n) is 19.2. The van der Waals surface area contributed by atoms with Crippen molar-refractivity contribution in [1.29, 1.82) is 0 Å². The second-order valence-electron chi connectivity index (χ2n) is 25.9. The Labute approximate surface area is 465 Å². The maximum absolute atomic E-state index is 4.22. The van der Waals surface area contributed by atoms with Crippen LogP contribution in [0.25, 0.3) is 76.9 Å². The molecule has 2 aromatic heterocycles. The van der Waals surface area contributed by atoms with Gasteiger partial charge in [-0.15, -0.1) is 0 Å². The lowest BCUT2D eigenvalue weighted by atomic mass is 9.55. The van der Waals surface area contributed by atoms with E-state index in [4.69, 9.17) is 0 Å². The van der Waals surface area contributed by atoms with Crippen molar-refractivity contribution < 1.29 is 0 Å². The molecule has 5 heteroatoms. The Morgan fingerprint density at radius 3 is 1.61 bits per heavy atom. The minimum atomic E-state index is 0.0439. The second-order valence-corrected chi connectivity index (χ2v) is 25.9. The number of anilines is 5. The number of rotatable bonds is 7. The quantitative estimate of drug-likeness (QED) is 0.161. The summed E-state index contributed by atoms with van der Waals surface area (Å²) >= 11 is 0. The normalized spacial score (nSPS) is 16.4. The average molecular weight is 1020 g/mol. The first-order chi connectivity index (χ1) is 38.1. The Morgan fingerprint density at radius 2 is 0.962 bits per heavy atom. The summed E-state index contributed by atoms with van der Waals surface area (Å²) in [6.07, 6.45) is 4.65. The van der Waals surface area contributed by atoms with Crippen molar-refractivity contribution in [3.05, 3.63) is 222 Å². The van der Waals surface area contributed by atoms with Crippen LogP contribution in [0.4, 0.5) is 28.4 Å². The molecule has 79 heavy (non-hydrogen) atoms. The topological polar surface area (TPSA) is 25.1 Å². The number of nitrogens with zero attached hydrogens (tertiary/aromatic N) is 3. The Bertz CT molecular complexity index is 4400. The van der Waals surface area contributed by atoms with Gasteiger partial charge in [-0.05, 0) is 170 Å². The molecule has 0 atom stereocenters. The zero-order valence-electron chi connectivity index (χ0n) is 46.9. The van der Waals surface area contributed by atoms with Crippen molar-refractivity contribution in [1.82, 2.24) is 9.13 Å². The van der Waals surface area contributed by atoms with Crippen LogP contribution < -0.4 is 21.1 Å². The van der Waals surface area contributed by atoms with Gasteiger partial charge in [0.2, 0.25) is 0 Å². The predicted octanol–water partition coefficient (Wildman–Crippen LogP) is 18.3. The Morgan fingerprint density at radius 1 is 0.405 bits per heavy atom. The van der Waals surface area contributed by atoms with Gasteiger partial charge in [0.05, 0.1) is 27.8 Å². The number of benzene rings is 10. The molecule has 10 aromatic carbocycles. The third kappa shape index (κ3) is 7.27. The van der Waals surface area contributed by atoms with Crippen molar-refractivity contribution in [3.8, 4) is 22.5 Å². The first kappa shape index (κ1) is 47.9. The minimum Gasteiger partial charge on any atom is -0.355 e. The van der Waals surface area contributed by atoms with Gasteiger partial charge >= 0.3 is 0 Å². The fourth-order valence-corrected chi connectivity index (χ4v) is 14.7. The molecule has 15 rings (SSSR count). The number of aromatic nitrogens is 2. The molecular formula is C74H67BN4. The maximum Gasteiger partial charge on any atom is 0.198 e. The Hall–Kier alpha value is -8.28. The van der Waals surface area contributed by atoms with Gasteiger partial charge in [-0.2, -0.15) is 0 Å². The number of nitrogens with one attached hydrogen (secondary N) is 1. The van der Waals surface area contributed by atoms with Gasteiger partial charge in [0.15, 0.2) is 7.28 Å². The maximum atomic E-state index is 4.22. The van der Waals surface area contributed by atoms with Crippen LogP contribution in [0.2, 0.25) is 0 Å². The fraction of sp³-hybridized carbons (Fsp3) is 0.216. The lowest BCUT2D eigenvalue weighted by Crippen LogP contribution is -2.41. The van der Waals surface area contributed by atoms with Crippen LogP contribution in [0.5, 0.6) is 0 Å². The van der Waals surface area contributed by atoms with Gasteiger partial charge in [-0.1, -0.05) is 182 Å². The van der Waals surface area contributed by atoms with Crippen LogP contribution in [0.1, 0.15) is 103 Å². The van der Waals surface area contributed by atoms with Crippen molar-refractivity contribution in [2.45, 2.75) is 103 Å². The van der Waals surface area contributed by atoms with Crippen LogP contribution in [-0.4, -0.2) is 16.4 Å². The molecule has 386 valence electrons. The Kier molecular flexibility index (Phi) is 10.4. The van der Waals surface area contributed by atoms with Gasteiger partial charge in [0, 0.05) is 61.2 Å². The van der Waals surface area contributed by atoms with Gasteiger partial charge < -0.3 is 19.4 Å². The molecule has 0 fully saturated rings. The zero-order valence-corrected chi connectivity index (χ0v) is 46.9. The summed E-state index contributed by atoms with van der Waals surface area (Å²) in [6.45, 7) is 19.6. The molecule has 3 heterocycles. The molecule has 0 bridgehead atoms. The van der Waals surface area contributed by atoms with E-state index in [2.05, 4.69) is 275 Å². The third-order valence-corrected chi connectivity index (χ3v) is 19.2. The van der Waals surface area contributed by atoms with E-state index in [0.717, 1.165) is 48.6 Å². The first-order valence-corrected chi connectivity index (χ1v) is 28.8. The summed E-state index contributed by atoms with van der Waals surface area (Å²) in [5.41, 5.74) is 24.2. The van der Waals surface area contributed by atoms with Gasteiger partial charge in [-0.25, -0.2) is 0 Å². The average Bonchev–Trinajstić information content (AvgIpc) is 3.58. The number of hydrogen-bond donors (Lipinski definition) is 1. The lowest BCUT2D eigenvalue weighted by molar-refractivity contribution is 0.332. The molecule has 3 aliphatic rings. The lowest BCUT2D eigenvalue weighted by Gasteiger charge is -2.43. The number of fused-ring (bicyclic) bond motifs is 12. The molecule has 0 saturated heterocycles. The summed E-state index contributed by atoms with van der Waals surface area (Å²) in [5.74, 6) is 0. The summed E-state index contributed by atoms with van der Waals surface area (Å²) in [5, 5.41) is 11.9. The molecule has 4 nitrogen and oxygen atoms in total. The highest BCUT2D eigenvalue weighted by molar-refractivity contribution is 6.73. The van der Waals surface area contributed by atoms with E-state index in [1.54, 1.807) is 0 Å². The van der Waals surface area contributed by atoms with Crippen molar-refractivity contribution in [2.75, 3.05) is 10.2 Å². The van der Waals surface area contributed by atoms with Gasteiger partial charge in [0.1, 0.15) is 0 Å². The van der Waals surface area contributed by atoms with Gasteiger partial charge in [0.25, 0.3) is 0 Å². The van der Waals surface area contributed by atoms with Crippen molar-refractivity contribution in [3.63, 3.8) is 0 Å². The summed E-state index contributed by atoms with van der Waals surface area (Å²) < 4.78 is 5.29.